The van der Waals surface area contributed by atoms with Gasteiger partial charge in [0.2, 0.25) is 5.43 Å². The van der Waals surface area contributed by atoms with Crippen molar-refractivity contribution in [2.45, 2.75) is 13.8 Å². The van der Waals surface area contributed by atoms with Crippen molar-refractivity contribution in [3.8, 4) is 0 Å². The van der Waals surface area contributed by atoms with Gasteiger partial charge in [-0.05, 0) is 26.0 Å². The minimum atomic E-state index is -0.568. The maximum Gasteiger partial charge on any atom is 0.343 e. The molecule has 0 saturated carbocycles. The smallest absolute Gasteiger partial charge is 0.343 e. The molecule has 0 aliphatic carbocycles. The molecular formula is C14H15NO3. The summed E-state index contributed by atoms with van der Waals surface area (Å²) in [5.41, 5.74) is 1.60. The number of benzene rings is 1. The van der Waals surface area contributed by atoms with Gasteiger partial charge in [0.15, 0.2) is 0 Å². The summed E-state index contributed by atoms with van der Waals surface area (Å²) < 4.78 is 6.66. The number of rotatable bonds is 2. The van der Waals surface area contributed by atoms with Crippen LogP contribution in [0.25, 0.3) is 10.9 Å². The van der Waals surface area contributed by atoms with E-state index in [0.29, 0.717) is 5.39 Å². The van der Waals surface area contributed by atoms with Gasteiger partial charge in [-0.3, -0.25) is 4.79 Å². The molecule has 0 bridgehead atoms. The lowest BCUT2D eigenvalue weighted by Gasteiger charge is -2.09. The molecule has 0 radical (unpaired) electrons. The van der Waals surface area contributed by atoms with Gasteiger partial charge in [0.25, 0.3) is 0 Å². The number of fused-ring (bicyclic) bond motifs is 1. The molecule has 1 aromatic heterocycles. The van der Waals surface area contributed by atoms with Gasteiger partial charge >= 0.3 is 5.97 Å². The first-order valence-electron chi connectivity index (χ1n) is 5.81. The molecule has 18 heavy (non-hydrogen) atoms. The van der Waals surface area contributed by atoms with Gasteiger partial charge in [-0.1, -0.05) is 11.6 Å². The van der Waals surface area contributed by atoms with Gasteiger partial charge in [-0.2, -0.15) is 0 Å². The van der Waals surface area contributed by atoms with E-state index in [0.717, 1.165) is 11.1 Å². The topological polar surface area (TPSA) is 48.3 Å². The third-order valence-electron chi connectivity index (χ3n) is 2.84. The second kappa shape index (κ2) is 4.64. The number of aryl methyl sites for hydroxylation is 2. The SMILES string of the molecule is CCOC(=O)c1cn(C)c2ccc(C)cc2c1=O. The van der Waals surface area contributed by atoms with Gasteiger partial charge in [-0.25, -0.2) is 4.79 Å². The largest absolute Gasteiger partial charge is 0.462 e. The quantitative estimate of drug-likeness (QED) is 0.760. The molecule has 0 atom stereocenters. The summed E-state index contributed by atoms with van der Waals surface area (Å²) in [7, 11) is 1.81. The first-order valence-corrected chi connectivity index (χ1v) is 5.81. The van der Waals surface area contributed by atoms with Gasteiger partial charge in [-0.15, -0.1) is 0 Å². The van der Waals surface area contributed by atoms with Crippen LogP contribution in [0.2, 0.25) is 0 Å². The minimum Gasteiger partial charge on any atom is -0.462 e. The number of nitrogens with zero attached hydrogens (tertiary/aromatic N) is 1. The third kappa shape index (κ3) is 2.01. The molecule has 0 aliphatic heterocycles. The molecule has 1 heterocycles. The summed E-state index contributed by atoms with van der Waals surface area (Å²) in [6.45, 7) is 3.89. The van der Waals surface area contributed by atoms with Crippen molar-refractivity contribution in [3.63, 3.8) is 0 Å². The highest BCUT2D eigenvalue weighted by Gasteiger charge is 2.15. The first kappa shape index (κ1) is 12.4. The fourth-order valence-electron chi connectivity index (χ4n) is 1.96. The van der Waals surface area contributed by atoms with E-state index in [1.165, 1.54) is 6.20 Å². The predicted octanol–water partition coefficient (Wildman–Crippen LogP) is 2.02. The third-order valence-corrected chi connectivity index (χ3v) is 2.84. The molecule has 0 aliphatic rings. The average molecular weight is 245 g/mol. The van der Waals surface area contributed by atoms with E-state index >= 15 is 0 Å². The van der Waals surface area contributed by atoms with Crippen LogP contribution in [0.1, 0.15) is 22.8 Å². The maximum absolute atomic E-state index is 12.2. The Labute approximate surface area is 105 Å². The van der Waals surface area contributed by atoms with Crippen molar-refractivity contribution >= 4 is 16.9 Å². The second-order valence-electron chi connectivity index (χ2n) is 4.22. The van der Waals surface area contributed by atoms with Crippen LogP contribution in [0.15, 0.2) is 29.2 Å². The Hall–Kier alpha value is -2.10. The maximum atomic E-state index is 12.2. The predicted molar refractivity (Wildman–Crippen MR) is 69.9 cm³/mol. The Morgan fingerprint density at radius 2 is 2.11 bits per heavy atom. The van der Waals surface area contributed by atoms with E-state index in [-0.39, 0.29) is 17.6 Å². The van der Waals surface area contributed by atoms with Crippen molar-refractivity contribution in [1.29, 1.82) is 0 Å². The van der Waals surface area contributed by atoms with Crippen molar-refractivity contribution in [2.24, 2.45) is 7.05 Å². The van der Waals surface area contributed by atoms with Crippen LogP contribution in [0, 0.1) is 6.92 Å². The Balaban J connectivity index is 2.75. The number of hydrogen-bond acceptors (Lipinski definition) is 3. The molecule has 2 aromatic rings. The summed E-state index contributed by atoms with van der Waals surface area (Å²) in [5.74, 6) is -0.568. The fourth-order valence-corrected chi connectivity index (χ4v) is 1.96. The van der Waals surface area contributed by atoms with Gasteiger partial charge in [0.1, 0.15) is 5.56 Å². The molecular weight excluding hydrogens is 230 g/mol. The monoisotopic (exact) mass is 245 g/mol. The van der Waals surface area contributed by atoms with E-state index < -0.39 is 5.97 Å². The van der Waals surface area contributed by atoms with Crippen LogP contribution in [0.3, 0.4) is 0 Å². The lowest BCUT2D eigenvalue weighted by molar-refractivity contribution is 0.0524. The number of ether oxygens (including phenoxy) is 1. The molecule has 4 heteroatoms. The fraction of sp³-hybridized carbons (Fsp3) is 0.286. The Bertz CT molecular complexity index is 671. The van der Waals surface area contributed by atoms with Gasteiger partial charge in [0.05, 0.1) is 12.1 Å². The van der Waals surface area contributed by atoms with Crippen LogP contribution in [-0.2, 0) is 11.8 Å². The van der Waals surface area contributed by atoms with Crippen LogP contribution >= 0.6 is 0 Å². The summed E-state index contributed by atoms with van der Waals surface area (Å²) in [6, 6.07) is 5.60. The lowest BCUT2D eigenvalue weighted by Crippen LogP contribution is -2.20. The molecule has 0 saturated heterocycles. The number of carbonyl (C=O) groups is 1. The number of pyridine rings is 1. The van der Waals surface area contributed by atoms with E-state index in [1.54, 1.807) is 24.6 Å². The summed E-state index contributed by atoms with van der Waals surface area (Å²) >= 11 is 0. The lowest BCUT2D eigenvalue weighted by atomic mass is 10.1. The van der Waals surface area contributed by atoms with Crippen LogP contribution in [0.5, 0.6) is 0 Å². The van der Waals surface area contributed by atoms with Crippen molar-refractivity contribution < 1.29 is 9.53 Å². The average Bonchev–Trinajstić information content (AvgIpc) is 2.33. The number of carbonyl (C=O) groups excluding carboxylic acids is 1. The summed E-state index contributed by atoms with van der Waals surface area (Å²) in [4.78, 5) is 23.9. The van der Waals surface area contributed by atoms with E-state index in [1.807, 2.05) is 19.1 Å². The van der Waals surface area contributed by atoms with Crippen LogP contribution in [0.4, 0.5) is 0 Å². The molecule has 0 spiro atoms. The number of aromatic nitrogens is 1. The molecule has 0 amide bonds. The van der Waals surface area contributed by atoms with E-state index in [9.17, 15) is 9.59 Å². The Morgan fingerprint density at radius 3 is 2.78 bits per heavy atom. The minimum absolute atomic E-state index is 0.0810. The molecule has 2 rings (SSSR count). The highest BCUT2D eigenvalue weighted by atomic mass is 16.5. The zero-order valence-corrected chi connectivity index (χ0v) is 10.7. The molecule has 0 N–H and O–H groups in total. The van der Waals surface area contributed by atoms with Gasteiger partial charge < -0.3 is 9.30 Å². The van der Waals surface area contributed by atoms with Crippen molar-refractivity contribution in [3.05, 3.63) is 45.7 Å². The molecule has 1 aromatic carbocycles. The van der Waals surface area contributed by atoms with Crippen LogP contribution < -0.4 is 5.43 Å². The highest BCUT2D eigenvalue weighted by molar-refractivity contribution is 5.93. The van der Waals surface area contributed by atoms with Crippen molar-refractivity contribution in [2.75, 3.05) is 6.61 Å². The van der Waals surface area contributed by atoms with Crippen molar-refractivity contribution in [1.82, 2.24) is 4.57 Å². The zero-order valence-electron chi connectivity index (χ0n) is 10.7. The van der Waals surface area contributed by atoms with E-state index in [4.69, 9.17) is 4.74 Å². The molecule has 94 valence electrons. The summed E-state index contributed by atoms with van der Waals surface area (Å²) in [6.07, 6.45) is 1.53. The number of esters is 1. The molecule has 0 fully saturated rings. The Kier molecular flexibility index (Phi) is 3.19. The summed E-state index contributed by atoms with van der Waals surface area (Å²) in [5, 5.41) is 0.544. The standard InChI is InChI=1S/C14H15NO3/c1-4-18-14(17)11-8-15(3)12-6-5-9(2)7-10(12)13(11)16/h5-8H,4H2,1-3H3. The number of hydrogen-bond donors (Lipinski definition) is 0. The van der Waals surface area contributed by atoms with E-state index in [2.05, 4.69) is 0 Å². The van der Waals surface area contributed by atoms with Gasteiger partial charge in [0, 0.05) is 18.6 Å². The second-order valence-corrected chi connectivity index (χ2v) is 4.22. The molecule has 0 unspecified atom stereocenters. The highest BCUT2D eigenvalue weighted by Crippen LogP contribution is 2.13. The normalized spacial score (nSPS) is 10.6. The molecule has 4 nitrogen and oxygen atoms in total. The first-order chi connectivity index (χ1) is 8.54. The van der Waals surface area contributed by atoms with Crippen LogP contribution in [-0.4, -0.2) is 17.1 Å². The zero-order chi connectivity index (χ0) is 13.3. The Morgan fingerprint density at radius 1 is 1.39 bits per heavy atom.